The van der Waals surface area contributed by atoms with Gasteiger partial charge in [-0.1, -0.05) is 18.2 Å². The molecule has 0 radical (unpaired) electrons. The van der Waals surface area contributed by atoms with Gasteiger partial charge in [0.2, 0.25) is 0 Å². The molecule has 3 aromatic heterocycles. The molecule has 7 rings (SSSR count). The molecule has 2 amide bonds. The van der Waals surface area contributed by atoms with E-state index in [1.54, 1.807) is 23.1 Å². The zero-order valence-electron chi connectivity index (χ0n) is 21.0. The van der Waals surface area contributed by atoms with Crippen molar-refractivity contribution in [2.45, 2.75) is 12.8 Å². The number of para-hydroxylation sites is 1. The Balaban J connectivity index is 1.19. The van der Waals surface area contributed by atoms with E-state index >= 15 is 0 Å². The van der Waals surface area contributed by atoms with E-state index in [9.17, 15) is 19.8 Å². The third kappa shape index (κ3) is 3.58. The lowest BCUT2D eigenvalue weighted by molar-refractivity contribution is 0.0981. The second kappa shape index (κ2) is 8.50. The molecule has 3 aromatic carbocycles. The maximum absolute atomic E-state index is 13.7. The number of aromatic nitrogens is 3. The number of aliphatic hydroxyl groups is 1. The van der Waals surface area contributed by atoms with Gasteiger partial charge in [-0.2, -0.15) is 0 Å². The number of hydrogen-bond donors (Lipinski definition) is 6. The third-order valence-electron chi connectivity index (χ3n) is 7.60. The van der Waals surface area contributed by atoms with Crippen molar-refractivity contribution in [1.82, 2.24) is 15.0 Å². The van der Waals surface area contributed by atoms with Gasteiger partial charge in [-0.25, -0.2) is 0 Å². The average Bonchev–Trinajstić information content (AvgIpc) is 3.71. The van der Waals surface area contributed by atoms with Gasteiger partial charge in [-0.15, -0.1) is 0 Å². The van der Waals surface area contributed by atoms with Crippen molar-refractivity contribution < 1.29 is 19.8 Å². The van der Waals surface area contributed by atoms with E-state index in [1.165, 1.54) is 0 Å². The first-order chi connectivity index (χ1) is 18.9. The van der Waals surface area contributed by atoms with Crippen LogP contribution in [0.1, 0.15) is 38.0 Å². The molecule has 194 valence electrons. The lowest BCUT2D eigenvalue weighted by Crippen LogP contribution is -2.30. The van der Waals surface area contributed by atoms with Crippen molar-refractivity contribution in [2.24, 2.45) is 0 Å². The zero-order valence-corrected chi connectivity index (χ0v) is 21.0. The van der Waals surface area contributed by atoms with Gasteiger partial charge in [0.1, 0.15) is 17.1 Å². The predicted octanol–water partition coefficient (Wildman–Crippen LogP) is 5.13. The minimum Gasteiger partial charge on any atom is -0.506 e. The highest BCUT2D eigenvalue weighted by atomic mass is 16.3. The number of aliphatic hydroxyl groups excluding tert-OH is 1. The van der Waals surface area contributed by atoms with E-state index in [2.05, 4.69) is 20.3 Å². The highest BCUT2D eigenvalue weighted by molar-refractivity contribution is 6.12. The number of amides is 2. The number of aromatic amines is 3. The smallest absolute Gasteiger partial charge is 0.274 e. The molecule has 6 N–H and O–H groups in total. The fraction of sp³-hybridized carbons (Fsp3) is 0.133. The first-order valence-corrected chi connectivity index (χ1v) is 12.7. The summed E-state index contributed by atoms with van der Waals surface area (Å²) < 4.78 is 0. The summed E-state index contributed by atoms with van der Waals surface area (Å²) in [6, 6.07) is 18.3. The molecule has 9 heteroatoms. The number of nitrogens with zero attached hydrogens (tertiary/aromatic N) is 1. The summed E-state index contributed by atoms with van der Waals surface area (Å²) in [6.45, 7) is 2.12. The Morgan fingerprint density at radius 3 is 2.59 bits per heavy atom. The Hall–Kier alpha value is -5.02. The van der Waals surface area contributed by atoms with E-state index in [-0.39, 0.29) is 30.1 Å². The van der Waals surface area contributed by atoms with Gasteiger partial charge < -0.3 is 35.4 Å². The van der Waals surface area contributed by atoms with Crippen LogP contribution in [0.15, 0.2) is 66.9 Å². The standard InChI is InChI=1S/C30H25N5O4/c1-15-12-31-28-25(37)11-24-27(26(15)28)18(14-36)13-35(24)30(39)23-10-17-8-19(6-7-21(17)34-23)32-29(38)22-9-16-4-2-3-5-20(16)33-22/h2-12,18,31,33-34,36-37H,13-14H2,1H3,(H,32,38). The number of carbonyl (C=O) groups is 2. The molecule has 0 saturated heterocycles. The van der Waals surface area contributed by atoms with Crippen LogP contribution in [0.4, 0.5) is 11.4 Å². The number of phenols is 1. The van der Waals surface area contributed by atoms with Crippen LogP contribution in [-0.4, -0.2) is 50.1 Å². The molecular weight excluding hydrogens is 494 g/mol. The first kappa shape index (κ1) is 23.1. The minimum absolute atomic E-state index is 0.0558. The molecule has 1 aliphatic rings. The van der Waals surface area contributed by atoms with Crippen molar-refractivity contribution in [3.05, 3.63) is 89.4 Å². The lowest BCUT2D eigenvalue weighted by atomic mass is 9.96. The van der Waals surface area contributed by atoms with E-state index < -0.39 is 0 Å². The summed E-state index contributed by atoms with van der Waals surface area (Å²) in [5, 5.41) is 26.3. The van der Waals surface area contributed by atoms with E-state index in [1.807, 2.05) is 55.6 Å². The number of carbonyl (C=O) groups excluding carboxylic acids is 2. The van der Waals surface area contributed by atoms with Crippen LogP contribution in [0.25, 0.3) is 32.7 Å². The Morgan fingerprint density at radius 2 is 1.77 bits per heavy atom. The highest BCUT2D eigenvalue weighted by Gasteiger charge is 2.36. The molecule has 1 aliphatic heterocycles. The molecule has 9 nitrogen and oxygen atoms in total. The SMILES string of the molecule is Cc1c[nH]c2c(O)cc3c(c12)C(CO)CN3C(=O)c1cc2cc(NC(=O)c3cc4ccccc4[nH]3)ccc2[nH]1. The van der Waals surface area contributed by atoms with Crippen LogP contribution >= 0.6 is 0 Å². The third-order valence-corrected chi connectivity index (χ3v) is 7.60. The molecule has 0 aliphatic carbocycles. The van der Waals surface area contributed by atoms with Crippen molar-refractivity contribution >= 4 is 55.9 Å². The number of nitrogens with one attached hydrogen (secondary N) is 4. The van der Waals surface area contributed by atoms with Crippen LogP contribution in [0.2, 0.25) is 0 Å². The molecule has 1 atom stereocenters. The second-order valence-electron chi connectivity index (χ2n) is 10.1. The van der Waals surface area contributed by atoms with Crippen molar-refractivity contribution in [3.8, 4) is 5.75 Å². The number of fused-ring (bicyclic) bond motifs is 5. The monoisotopic (exact) mass is 519 g/mol. The Morgan fingerprint density at radius 1 is 1.00 bits per heavy atom. The number of anilines is 2. The number of H-pyrrole nitrogens is 3. The summed E-state index contributed by atoms with van der Waals surface area (Å²) in [6.07, 6.45) is 1.82. The van der Waals surface area contributed by atoms with Crippen molar-refractivity contribution in [2.75, 3.05) is 23.4 Å². The Bertz CT molecular complexity index is 1910. The quantitative estimate of drug-likeness (QED) is 0.192. The maximum atomic E-state index is 13.7. The lowest BCUT2D eigenvalue weighted by Gasteiger charge is -2.17. The fourth-order valence-electron chi connectivity index (χ4n) is 5.73. The zero-order chi connectivity index (χ0) is 26.8. The number of aryl methyl sites for hydroxylation is 1. The molecule has 39 heavy (non-hydrogen) atoms. The summed E-state index contributed by atoms with van der Waals surface area (Å²) in [5.41, 5.74) is 6.07. The van der Waals surface area contributed by atoms with Crippen LogP contribution in [0.5, 0.6) is 5.75 Å². The predicted molar refractivity (Wildman–Crippen MR) is 151 cm³/mol. The number of phenolic OH excluding ortho intramolecular Hbond substituents is 1. The molecule has 1 unspecified atom stereocenters. The van der Waals surface area contributed by atoms with Crippen LogP contribution < -0.4 is 10.2 Å². The molecule has 0 bridgehead atoms. The average molecular weight is 520 g/mol. The Labute approximate surface area is 222 Å². The minimum atomic E-state index is -0.266. The van der Waals surface area contributed by atoms with Crippen LogP contribution in [0, 0.1) is 6.92 Å². The Kier molecular flexibility index (Phi) is 5.04. The molecule has 4 heterocycles. The number of hydrogen-bond acceptors (Lipinski definition) is 4. The van der Waals surface area contributed by atoms with E-state index in [4.69, 9.17) is 0 Å². The van der Waals surface area contributed by atoms with Gasteiger partial charge in [0.05, 0.1) is 17.8 Å². The molecule has 6 aromatic rings. The van der Waals surface area contributed by atoms with E-state index in [0.29, 0.717) is 34.8 Å². The van der Waals surface area contributed by atoms with Crippen molar-refractivity contribution in [3.63, 3.8) is 0 Å². The fourth-order valence-corrected chi connectivity index (χ4v) is 5.73. The van der Waals surface area contributed by atoms with Crippen molar-refractivity contribution in [1.29, 1.82) is 0 Å². The number of rotatable bonds is 4. The van der Waals surface area contributed by atoms with Gasteiger partial charge in [0, 0.05) is 57.6 Å². The van der Waals surface area contributed by atoms with Gasteiger partial charge >= 0.3 is 0 Å². The summed E-state index contributed by atoms with van der Waals surface area (Å²) >= 11 is 0. The topological polar surface area (TPSA) is 137 Å². The summed E-state index contributed by atoms with van der Waals surface area (Å²) in [4.78, 5) is 37.6. The summed E-state index contributed by atoms with van der Waals surface area (Å²) in [7, 11) is 0. The number of aromatic hydroxyl groups is 1. The van der Waals surface area contributed by atoms with Gasteiger partial charge in [-0.05, 0) is 54.4 Å². The normalized spacial score (nSPS) is 14.9. The number of benzene rings is 3. The summed E-state index contributed by atoms with van der Waals surface area (Å²) in [5.74, 6) is -0.733. The molecular formula is C30H25N5O4. The molecule has 0 saturated carbocycles. The van der Waals surface area contributed by atoms with Gasteiger partial charge in [-0.3, -0.25) is 9.59 Å². The van der Waals surface area contributed by atoms with E-state index in [0.717, 1.165) is 38.3 Å². The largest absolute Gasteiger partial charge is 0.506 e. The van der Waals surface area contributed by atoms with Gasteiger partial charge in [0.25, 0.3) is 11.8 Å². The highest BCUT2D eigenvalue weighted by Crippen LogP contribution is 2.46. The van der Waals surface area contributed by atoms with Crippen LogP contribution in [-0.2, 0) is 0 Å². The van der Waals surface area contributed by atoms with Gasteiger partial charge in [0.15, 0.2) is 0 Å². The maximum Gasteiger partial charge on any atom is 0.274 e. The molecule has 0 fully saturated rings. The second-order valence-corrected chi connectivity index (χ2v) is 10.1. The molecule has 0 spiro atoms. The van der Waals surface area contributed by atoms with Crippen LogP contribution in [0.3, 0.4) is 0 Å². The first-order valence-electron chi connectivity index (χ1n) is 12.7.